The second-order valence-electron chi connectivity index (χ2n) is 8.37. The third-order valence-electron chi connectivity index (χ3n) is 6.38. The molecule has 0 N–H and O–H groups in total. The number of carbonyl (C=O) groups excluding carboxylic acids is 3. The van der Waals surface area contributed by atoms with E-state index in [2.05, 4.69) is 6.07 Å². The van der Waals surface area contributed by atoms with Crippen LogP contribution in [0.15, 0.2) is 59.5 Å². The number of amides is 3. The first kappa shape index (κ1) is 23.0. The van der Waals surface area contributed by atoms with Crippen LogP contribution in [0.5, 0.6) is 11.5 Å². The maximum Gasteiger partial charge on any atom is 0.294 e. The van der Waals surface area contributed by atoms with Crippen molar-refractivity contribution in [2.75, 3.05) is 27.3 Å². The van der Waals surface area contributed by atoms with Gasteiger partial charge in [-0.3, -0.25) is 19.3 Å². The molecular weight excluding hydrogens is 464 g/mol. The largest absolute Gasteiger partial charge is 0.497 e. The maximum atomic E-state index is 13.2. The Bertz CT molecular complexity index is 1380. The molecule has 2 heterocycles. The van der Waals surface area contributed by atoms with Crippen molar-refractivity contribution in [1.82, 2.24) is 9.80 Å². The molecule has 7 nitrogen and oxygen atoms in total. The summed E-state index contributed by atoms with van der Waals surface area (Å²) in [7, 11) is 3.14. The lowest BCUT2D eigenvalue weighted by Gasteiger charge is -2.29. The first-order chi connectivity index (χ1) is 17.0. The molecule has 0 aliphatic carbocycles. The van der Waals surface area contributed by atoms with Gasteiger partial charge >= 0.3 is 0 Å². The van der Waals surface area contributed by atoms with Crippen LogP contribution in [0.1, 0.15) is 16.7 Å². The molecule has 1 saturated heterocycles. The van der Waals surface area contributed by atoms with Crippen LogP contribution in [0.3, 0.4) is 0 Å². The molecule has 5 rings (SSSR count). The standard InChI is InChI=1S/C27H24N2O5S/c1-33-20-9-7-18-8-10-23(34-2)22(21(18)13-20)14-24-26(31)29(27(32)35-24)16-25(30)28-12-11-17-5-3-4-6-19(17)15-28/h3-10,13-14H,11-12,15-16H2,1-2H3/b24-14-. The summed E-state index contributed by atoms with van der Waals surface area (Å²) in [4.78, 5) is 41.9. The van der Waals surface area contributed by atoms with Crippen LogP contribution in [0.4, 0.5) is 4.79 Å². The van der Waals surface area contributed by atoms with Gasteiger partial charge in [-0.1, -0.05) is 36.4 Å². The van der Waals surface area contributed by atoms with Crippen molar-refractivity contribution in [3.63, 3.8) is 0 Å². The predicted octanol–water partition coefficient (Wildman–Crippen LogP) is 4.48. The molecule has 0 atom stereocenters. The SMILES string of the molecule is COc1ccc2ccc(OC)c(/C=C3\SC(=O)N(CC(=O)N4CCc5ccccc5C4)C3=O)c2c1. The molecule has 1 fully saturated rings. The minimum absolute atomic E-state index is 0.240. The molecule has 178 valence electrons. The van der Waals surface area contributed by atoms with Gasteiger partial charge in [-0.2, -0.15) is 0 Å². The van der Waals surface area contributed by atoms with E-state index in [4.69, 9.17) is 9.47 Å². The molecule has 3 aromatic carbocycles. The van der Waals surface area contributed by atoms with E-state index in [-0.39, 0.29) is 17.4 Å². The Morgan fingerprint density at radius 2 is 1.80 bits per heavy atom. The van der Waals surface area contributed by atoms with Crippen LogP contribution >= 0.6 is 11.8 Å². The topological polar surface area (TPSA) is 76.2 Å². The minimum Gasteiger partial charge on any atom is -0.497 e. The smallest absolute Gasteiger partial charge is 0.294 e. The van der Waals surface area contributed by atoms with E-state index in [1.54, 1.807) is 25.2 Å². The molecule has 0 radical (unpaired) electrons. The van der Waals surface area contributed by atoms with Crippen molar-refractivity contribution in [3.05, 3.63) is 76.2 Å². The molecule has 35 heavy (non-hydrogen) atoms. The summed E-state index contributed by atoms with van der Waals surface area (Å²) in [6.45, 7) is 0.776. The van der Waals surface area contributed by atoms with Crippen molar-refractivity contribution in [2.24, 2.45) is 0 Å². The number of fused-ring (bicyclic) bond motifs is 2. The van der Waals surface area contributed by atoms with Gasteiger partial charge in [0.1, 0.15) is 18.0 Å². The average Bonchev–Trinajstić information content (AvgIpc) is 3.15. The quantitative estimate of drug-likeness (QED) is 0.493. The van der Waals surface area contributed by atoms with Crippen molar-refractivity contribution in [3.8, 4) is 11.5 Å². The molecule has 3 aromatic rings. The molecule has 3 amide bonds. The number of hydrogen-bond donors (Lipinski definition) is 0. The Labute approximate surface area is 207 Å². The number of nitrogens with zero attached hydrogens (tertiary/aromatic N) is 2. The van der Waals surface area contributed by atoms with E-state index in [0.717, 1.165) is 39.4 Å². The first-order valence-corrected chi connectivity index (χ1v) is 12.0. The Hall–Kier alpha value is -3.78. The average molecular weight is 489 g/mol. The molecule has 0 spiro atoms. The number of carbonyl (C=O) groups is 3. The van der Waals surface area contributed by atoms with Crippen LogP contribution in [0.25, 0.3) is 16.8 Å². The summed E-state index contributed by atoms with van der Waals surface area (Å²) in [6.07, 6.45) is 2.42. The number of rotatable bonds is 5. The fraction of sp³-hybridized carbons (Fsp3) is 0.222. The Morgan fingerprint density at radius 3 is 2.57 bits per heavy atom. The zero-order valence-electron chi connectivity index (χ0n) is 19.4. The lowest BCUT2D eigenvalue weighted by atomic mass is 10.00. The van der Waals surface area contributed by atoms with E-state index in [0.29, 0.717) is 30.2 Å². The van der Waals surface area contributed by atoms with E-state index in [1.165, 1.54) is 5.56 Å². The van der Waals surface area contributed by atoms with Crippen LogP contribution < -0.4 is 9.47 Å². The Kier molecular flexibility index (Phi) is 6.21. The van der Waals surface area contributed by atoms with Gasteiger partial charge in [0.15, 0.2) is 0 Å². The highest BCUT2D eigenvalue weighted by Gasteiger charge is 2.37. The van der Waals surface area contributed by atoms with Gasteiger partial charge in [0.05, 0.1) is 19.1 Å². The predicted molar refractivity (Wildman–Crippen MR) is 135 cm³/mol. The second kappa shape index (κ2) is 9.46. The van der Waals surface area contributed by atoms with Crippen molar-refractivity contribution < 1.29 is 23.9 Å². The number of imide groups is 1. The van der Waals surface area contributed by atoms with Gasteiger partial charge in [-0.05, 0) is 64.4 Å². The molecule has 0 saturated carbocycles. The van der Waals surface area contributed by atoms with Crippen LogP contribution in [-0.4, -0.2) is 54.2 Å². The van der Waals surface area contributed by atoms with E-state index in [1.807, 2.05) is 48.5 Å². The molecule has 2 aliphatic heterocycles. The summed E-state index contributed by atoms with van der Waals surface area (Å²) in [5, 5.41) is 1.32. The van der Waals surface area contributed by atoms with E-state index < -0.39 is 11.1 Å². The van der Waals surface area contributed by atoms with Gasteiger partial charge in [0.2, 0.25) is 5.91 Å². The highest BCUT2D eigenvalue weighted by molar-refractivity contribution is 8.18. The molecule has 0 bridgehead atoms. The van der Waals surface area contributed by atoms with Crippen LogP contribution in [0.2, 0.25) is 0 Å². The number of thioether (sulfide) groups is 1. The zero-order valence-corrected chi connectivity index (χ0v) is 20.3. The van der Waals surface area contributed by atoms with Gasteiger partial charge in [-0.15, -0.1) is 0 Å². The minimum atomic E-state index is -0.479. The lowest BCUT2D eigenvalue weighted by molar-refractivity contribution is -0.136. The molecule has 0 aromatic heterocycles. The number of benzene rings is 3. The Balaban J connectivity index is 1.40. The van der Waals surface area contributed by atoms with Crippen molar-refractivity contribution >= 4 is 45.7 Å². The third kappa shape index (κ3) is 4.37. The zero-order chi connectivity index (χ0) is 24.5. The summed E-state index contributed by atoms with van der Waals surface area (Å²) >= 11 is 0.833. The van der Waals surface area contributed by atoms with Gasteiger partial charge in [-0.25, -0.2) is 0 Å². The van der Waals surface area contributed by atoms with E-state index in [9.17, 15) is 14.4 Å². The fourth-order valence-corrected chi connectivity index (χ4v) is 5.29. The third-order valence-corrected chi connectivity index (χ3v) is 7.28. The van der Waals surface area contributed by atoms with Gasteiger partial charge in [0.25, 0.3) is 11.1 Å². The summed E-state index contributed by atoms with van der Waals surface area (Å²) in [5.41, 5.74) is 3.00. The fourth-order valence-electron chi connectivity index (χ4n) is 4.47. The highest BCUT2D eigenvalue weighted by Crippen LogP contribution is 2.37. The van der Waals surface area contributed by atoms with Crippen LogP contribution in [-0.2, 0) is 22.6 Å². The van der Waals surface area contributed by atoms with Gasteiger partial charge < -0.3 is 14.4 Å². The summed E-state index contributed by atoms with van der Waals surface area (Å²) in [5.74, 6) is 0.520. The number of ether oxygens (including phenoxy) is 2. The van der Waals surface area contributed by atoms with E-state index >= 15 is 0 Å². The molecule has 8 heteroatoms. The first-order valence-electron chi connectivity index (χ1n) is 11.2. The second-order valence-corrected chi connectivity index (χ2v) is 9.36. The van der Waals surface area contributed by atoms with Crippen LogP contribution in [0, 0.1) is 0 Å². The molecule has 0 unspecified atom stereocenters. The summed E-state index contributed by atoms with van der Waals surface area (Å²) < 4.78 is 10.9. The van der Waals surface area contributed by atoms with Crippen molar-refractivity contribution in [1.29, 1.82) is 0 Å². The lowest BCUT2D eigenvalue weighted by Crippen LogP contribution is -2.44. The summed E-state index contributed by atoms with van der Waals surface area (Å²) in [6, 6.07) is 17.4. The monoisotopic (exact) mass is 488 g/mol. The normalized spacial score (nSPS) is 16.7. The Morgan fingerprint density at radius 1 is 1.03 bits per heavy atom. The highest BCUT2D eigenvalue weighted by atomic mass is 32.2. The molecular formula is C27H24N2O5S. The van der Waals surface area contributed by atoms with Gasteiger partial charge in [0, 0.05) is 18.7 Å². The number of hydrogen-bond acceptors (Lipinski definition) is 6. The molecule has 2 aliphatic rings. The number of methoxy groups -OCH3 is 2. The maximum absolute atomic E-state index is 13.2. The van der Waals surface area contributed by atoms with Crippen molar-refractivity contribution in [2.45, 2.75) is 13.0 Å².